The summed E-state index contributed by atoms with van der Waals surface area (Å²) in [5.74, 6) is 0.935. The van der Waals surface area contributed by atoms with Gasteiger partial charge in [0.2, 0.25) is 0 Å². The maximum atomic E-state index is 6.12. The van der Waals surface area contributed by atoms with Crippen molar-refractivity contribution in [2.24, 2.45) is 5.73 Å². The lowest BCUT2D eigenvalue weighted by molar-refractivity contribution is 0.152. The summed E-state index contributed by atoms with van der Waals surface area (Å²) in [4.78, 5) is 4.57. The molecule has 18 heavy (non-hydrogen) atoms. The van der Waals surface area contributed by atoms with Gasteiger partial charge < -0.3 is 10.5 Å². The van der Waals surface area contributed by atoms with E-state index in [1.807, 2.05) is 19.9 Å². The van der Waals surface area contributed by atoms with Gasteiger partial charge in [0.1, 0.15) is 5.75 Å². The largest absolute Gasteiger partial charge is 0.489 e. The maximum absolute atomic E-state index is 6.12. The van der Waals surface area contributed by atoms with E-state index in [9.17, 15) is 0 Å². The molecule has 1 atom stereocenters. The molecule has 2 rings (SSSR count). The molecule has 0 aromatic carbocycles. The molecule has 1 unspecified atom stereocenters. The molecule has 1 aliphatic rings. The molecule has 0 saturated heterocycles. The van der Waals surface area contributed by atoms with Gasteiger partial charge in [-0.25, -0.2) is 0 Å². The highest BCUT2D eigenvalue weighted by molar-refractivity contribution is 5.30. The van der Waals surface area contributed by atoms with Crippen LogP contribution in [0.5, 0.6) is 5.75 Å². The summed E-state index contributed by atoms with van der Waals surface area (Å²) in [7, 11) is 0. The summed E-state index contributed by atoms with van der Waals surface area (Å²) in [6.07, 6.45) is 7.41. The lowest BCUT2D eigenvalue weighted by atomic mass is 9.98. The first-order valence-electron chi connectivity index (χ1n) is 7.04. The molecule has 1 heterocycles. The van der Waals surface area contributed by atoms with Gasteiger partial charge in [0.05, 0.1) is 11.8 Å². The minimum atomic E-state index is 0.119. The highest BCUT2D eigenvalue weighted by Gasteiger charge is 2.17. The van der Waals surface area contributed by atoms with Crippen LogP contribution in [-0.2, 0) is 6.42 Å². The highest BCUT2D eigenvalue weighted by atomic mass is 16.5. The van der Waals surface area contributed by atoms with E-state index in [2.05, 4.69) is 11.1 Å². The van der Waals surface area contributed by atoms with E-state index in [-0.39, 0.29) is 6.04 Å². The summed E-state index contributed by atoms with van der Waals surface area (Å²) in [6, 6.07) is 4.19. The van der Waals surface area contributed by atoms with Crippen molar-refractivity contribution in [3.63, 3.8) is 0 Å². The minimum Gasteiger partial charge on any atom is -0.489 e. The summed E-state index contributed by atoms with van der Waals surface area (Å²) < 4.78 is 6.12. The molecule has 0 radical (unpaired) electrons. The van der Waals surface area contributed by atoms with Gasteiger partial charge in [0, 0.05) is 18.2 Å². The molecule has 0 bridgehead atoms. The Labute approximate surface area is 110 Å². The van der Waals surface area contributed by atoms with Crippen LogP contribution in [0, 0.1) is 6.92 Å². The van der Waals surface area contributed by atoms with Crippen LogP contribution in [0.15, 0.2) is 12.1 Å². The van der Waals surface area contributed by atoms with Crippen molar-refractivity contribution in [1.29, 1.82) is 0 Å². The van der Waals surface area contributed by atoms with Gasteiger partial charge in [-0.15, -0.1) is 0 Å². The van der Waals surface area contributed by atoms with Crippen LogP contribution < -0.4 is 10.5 Å². The number of rotatable bonds is 4. The van der Waals surface area contributed by atoms with Crippen LogP contribution in [-0.4, -0.2) is 17.1 Å². The Morgan fingerprint density at radius 2 is 2.06 bits per heavy atom. The predicted octanol–water partition coefficient (Wildman–Crippen LogP) is 2.99. The average Bonchev–Trinajstić information content (AvgIpc) is 2.33. The molecule has 1 aromatic rings. The maximum Gasteiger partial charge on any atom is 0.141 e. The Balaban J connectivity index is 2.09. The lowest BCUT2D eigenvalue weighted by Crippen LogP contribution is -2.23. The van der Waals surface area contributed by atoms with Crippen molar-refractivity contribution in [2.45, 2.75) is 64.5 Å². The predicted molar refractivity (Wildman–Crippen MR) is 73.8 cm³/mol. The van der Waals surface area contributed by atoms with Crippen LogP contribution in [0.1, 0.15) is 50.4 Å². The average molecular weight is 248 g/mol. The molecule has 100 valence electrons. The number of aromatic nitrogens is 1. The van der Waals surface area contributed by atoms with Gasteiger partial charge in [-0.2, -0.15) is 0 Å². The van der Waals surface area contributed by atoms with E-state index in [0.29, 0.717) is 6.10 Å². The fourth-order valence-electron chi connectivity index (χ4n) is 2.52. The fraction of sp³-hybridized carbons (Fsp3) is 0.667. The van der Waals surface area contributed by atoms with E-state index in [1.54, 1.807) is 0 Å². The van der Waals surface area contributed by atoms with Crippen LogP contribution in [0.25, 0.3) is 0 Å². The number of nitrogens with zero attached hydrogens (tertiary/aromatic N) is 1. The lowest BCUT2D eigenvalue weighted by Gasteiger charge is -2.24. The van der Waals surface area contributed by atoms with Gasteiger partial charge in [0.25, 0.3) is 0 Å². The molecule has 3 heteroatoms. The molecule has 0 spiro atoms. The smallest absolute Gasteiger partial charge is 0.141 e. The molecule has 1 saturated carbocycles. The Morgan fingerprint density at radius 1 is 1.33 bits per heavy atom. The first-order valence-corrected chi connectivity index (χ1v) is 7.04. The van der Waals surface area contributed by atoms with Crippen molar-refractivity contribution in [2.75, 3.05) is 0 Å². The Hall–Kier alpha value is -1.09. The quantitative estimate of drug-likeness (QED) is 0.891. The van der Waals surface area contributed by atoms with Crippen LogP contribution in [0.2, 0.25) is 0 Å². The summed E-state index contributed by atoms with van der Waals surface area (Å²) in [5.41, 5.74) is 7.92. The third-order valence-corrected chi connectivity index (χ3v) is 3.43. The van der Waals surface area contributed by atoms with E-state index < -0.39 is 0 Å². The number of hydrogen-bond acceptors (Lipinski definition) is 3. The van der Waals surface area contributed by atoms with E-state index in [0.717, 1.165) is 23.6 Å². The van der Waals surface area contributed by atoms with E-state index >= 15 is 0 Å². The Kier molecular flexibility index (Phi) is 4.59. The van der Waals surface area contributed by atoms with Crippen molar-refractivity contribution in [3.8, 4) is 5.75 Å². The molecule has 3 nitrogen and oxygen atoms in total. The van der Waals surface area contributed by atoms with E-state index in [4.69, 9.17) is 10.5 Å². The molecule has 0 aliphatic heterocycles. The second kappa shape index (κ2) is 6.19. The fourth-order valence-corrected chi connectivity index (χ4v) is 2.52. The number of ether oxygens (including phenoxy) is 1. The molecule has 2 N–H and O–H groups in total. The summed E-state index contributed by atoms with van der Waals surface area (Å²) in [6.45, 7) is 4.02. The molecule has 1 aromatic heterocycles. The third-order valence-electron chi connectivity index (χ3n) is 3.43. The minimum absolute atomic E-state index is 0.119. The van der Waals surface area contributed by atoms with Crippen LogP contribution >= 0.6 is 0 Å². The van der Waals surface area contributed by atoms with Gasteiger partial charge in [-0.05, 0) is 51.7 Å². The van der Waals surface area contributed by atoms with Crippen molar-refractivity contribution < 1.29 is 4.74 Å². The zero-order chi connectivity index (χ0) is 13.0. The summed E-state index contributed by atoms with van der Waals surface area (Å²) in [5, 5.41) is 0. The molecule has 0 amide bonds. The SMILES string of the molecule is Cc1ccc(OC2CCCCC2)c(CC(C)N)n1. The Bertz CT molecular complexity index is 384. The standard InChI is InChI=1S/C15H24N2O/c1-11(16)10-14-15(9-8-12(2)17-14)18-13-6-4-3-5-7-13/h8-9,11,13H,3-7,10,16H2,1-2H3. The van der Waals surface area contributed by atoms with Crippen LogP contribution in [0.4, 0.5) is 0 Å². The normalized spacial score (nSPS) is 18.6. The number of hydrogen-bond donors (Lipinski definition) is 1. The van der Waals surface area contributed by atoms with Gasteiger partial charge in [-0.1, -0.05) is 6.42 Å². The van der Waals surface area contributed by atoms with Gasteiger partial charge >= 0.3 is 0 Å². The zero-order valence-electron chi connectivity index (χ0n) is 11.5. The van der Waals surface area contributed by atoms with Gasteiger partial charge in [0.15, 0.2) is 0 Å². The number of aryl methyl sites for hydroxylation is 1. The topological polar surface area (TPSA) is 48.1 Å². The van der Waals surface area contributed by atoms with Crippen molar-refractivity contribution in [1.82, 2.24) is 4.98 Å². The van der Waals surface area contributed by atoms with E-state index in [1.165, 1.54) is 32.1 Å². The second-order valence-corrected chi connectivity index (χ2v) is 5.46. The van der Waals surface area contributed by atoms with Crippen molar-refractivity contribution in [3.05, 3.63) is 23.5 Å². The number of nitrogens with two attached hydrogens (primary N) is 1. The first-order chi connectivity index (χ1) is 8.65. The van der Waals surface area contributed by atoms with Crippen LogP contribution in [0.3, 0.4) is 0 Å². The first kappa shape index (κ1) is 13.3. The molecular formula is C15H24N2O. The zero-order valence-corrected chi connectivity index (χ0v) is 11.5. The molecule has 1 fully saturated rings. The van der Waals surface area contributed by atoms with Crippen molar-refractivity contribution >= 4 is 0 Å². The van der Waals surface area contributed by atoms with Gasteiger partial charge in [-0.3, -0.25) is 4.98 Å². The monoisotopic (exact) mass is 248 g/mol. The molecular weight excluding hydrogens is 224 g/mol. The number of pyridine rings is 1. The third kappa shape index (κ3) is 3.70. The summed E-state index contributed by atoms with van der Waals surface area (Å²) >= 11 is 0. The highest BCUT2D eigenvalue weighted by Crippen LogP contribution is 2.26. The molecule has 1 aliphatic carbocycles. The second-order valence-electron chi connectivity index (χ2n) is 5.46. The Morgan fingerprint density at radius 3 is 2.72 bits per heavy atom.